The van der Waals surface area contributed by atoms with Gasteiger partial charge < -0.3 is 15.7 Å². The number of unbranched alkanes of at least 4 members (excludes halogenated alkanes) is 1. The van der Waals surface area contributed by atoms with Gasteiger partial charge in [0.2, 0.25) is 11.8 Å². The van der Waals surface area contributed by atoms with Crippen molar-refractivity contribution in [2.75, 3.05) is 16.4 Å². The van der Waals surface area contributed by atoms with Crippen molar-refractivity contribution in [1.29, 1.82) is 0 Å². The fourth-order valence-corrected chi connectivity index (χ4v) is 3.15. The van der Waals surface area contributed by atoms with Crippen molar-refractivity contribution >= 4 is 52.5 Å². The molecule has 0 aliphatic carbocycles. The van der Waals surface area contributed by atoms with E-state index in [4.69, 9.17) is 16.7 Å². The summed E-state index contributed by atoms with van der Waals surface area (Å²) in [6, 6.07) is 11.4. The summed E-state index contributed by atoms with van der Waals surface area (Å²) < 4.78 is 0. The smallest absolute Gasteiger partial charge is 0.335 e. The number of aromatic carboxylic acids is 1. The van der Waals surface area contributed by atoms with Gasteiger partial charge in [0.1, 0.15) is 0 Å². The molecule has 28 heavy (non-hydrogen) atoms. The highest BCUT2D eigenvalue weighted by atomic mass is 35.5. The molecule has 2 rings (SSSR count). The minimum absolute atomic E-state index is 0.0119. The van der Waals surface area contributed by atoms with Crippen molar-refractivity contribution in [3.8, 4) is 0 Å². The van der Waals surface area contributed by atoms with Crippen LogP contribution in [0.3, 0.4) is 0 Å². The molecule has 6 nitrogen and oxygen atoms in total. The highest BCUT2D eigenvalue weighted by Gasteiger charge is 2.11. The number of carbonyl (C=O) groups is 3. The molecular formula is C20H21ClN2O4S. The average molecular weight is 421 g/mol. The van der Waals surface area contributed by atoms with Crippen molar-refractivity contribution in [2.45, 2.75) is 31.1 Å². The third-order valence-corrected chi connectivity index (χ3v) is 5.09. The van der Waals surface area contributed by atoms with E-state index in [0.29, 0.717) is 12.1 Å². The van der Waals surface area contributed by atoms with E-state index < -0.39 is 5.97 Å². The number of rotatable bonds is 9. The van der Waals surface area contributed by atoms with Crippen molar-refractivity contribution in [2.24, 2.45) is 0 Å². The first-order chi connectivity index (χ1) is 13.4. The molecule has 0 saturated carbocycles. The minimum atomic E-state index is -1.09. The molecule has 0 aliphatic rings. The van der Waals surface area contributed by atoms with Gasteiger partial charge in [0.25, 0.3) is 0 Å². The normalized spacial score (nSPS) is 10.4. The minimum Gasteiger partial charge on any atom is -0.478 e. The number of halogens is 1. The monoisotopic (exact) mass is 420 g/mol. The molecule has 148 valence electrons. The van der Waals surface area contributed by atoms with Crippen LogP contribution in [0.25, 0.3) is 0 Å². The van der Waals surface area contributed by atoms with Crippen molar-refractivity contribution < 1.29 is 19.5 Å². The van der Waals surface area contributed by atoms with Gasteiger partial charge in [-0.05, 0) is 48.9 Å². The summed E-state index contributed by atoms with van der Waals surface area (Å²) in [4.78, 5) is 35.7. The van der Waals surface area contributed by atoms with Gasteiger partial charge in [-0.2, -0.15) is 0 Å². The van der Waals surface area contributed by atoms with Crippen molar-refractivity contribution in [1.82, 2.24) is 0 Å². The first kappa shape index (κ1) is 21.8. The Hall–Kier alpha value is -2.51. The largest absolute Gasteiger partial charge is 0.478 e. The molecule has 2 aromatic rings. The maximum atomic E-state index is 12.1. The molecule has 0 unspecified atom stereocenters. The molecule has 0 spiro atoms. The standard InChI is InChI=1S/C20H21ClN2O4S/c1-2-3-4-18(24)22-14-6-8-15(9-7-14)28-12-19(25)23-17-11-13(20(26)27)5-10-16(17)21/h5-11H,2-4,12H2,1H3,(H,22,24)(H,23,25)(H,26,27). The van der Waals surface area contributed by atoms with Gasteiger partial charge in [0, 0.05) is 17.0 Å². The van der Waals surface area contributed by atoms with Crippen LogP contribution in [0.5, 0.6) is 0 Å². The second-order valence-corrected chi connectivity index (χ2v) is 7.47. The van der Waals surface area contributed by atoms with Gasteiger partial charge in [0.15, 0.2) is 0 Å². The quantitative estimate of drug-likeness (QED) is 0.501. The Kier molecular flexibility index (Phi) is 8.35. The third-order valence-electron chi connectivity index (χ3n) is 3.75. The number of benzene rings is 2. The number of thioether (sulfide) groups is 1. The lowest BCUT2D eigenvalue weighted by atomic mass is 10.2. The fraction of sp³-hybridized carbons (Fsp3) is 0.250. The molecule has 8 heteroatoms. The first-order valence-corrected chi connectivity index (χ1v) is 10.1. The van der Waals surface area contributed by atoms with Crippen LogP contribution in [0.1, 0.15) is 36.5 Å². The van der Waals surface area contributed by atoms with Gasteiger partial charge in [-0.15, -0.1) is 11.8 Å². The molecule has 0 bridgehead atoms. The molecule has 3 N–H and O–H groups in total. The van der Waals surface area contributed by atoms with Crippen LogP contribution in [-0.4, -0.2) is 28.6 Å². The highest BCUT2D eigenvalue weighted by molar-refractivity contribution is 8.00. The SMILES string of the molecule is CCCCC(=O)Nc1ccc(SCC(=O)Nc2cc(C(=O)O)ccc2Cl)cc1. The Balaban J connectivity index is 1.87. The zero-order valence-corrected chi connectivity index (χ0v) is 16.9. The lowest BCUT2D eigenvalue weighted by Crippen LogP contribution is -2.15. The highest BCUT2D eigenvalue weighted by Crippen LogP contribution is 2.25. The lowest BCUT2D eigenvalue weighted by Gasteiger charge is -2.09. The van der Waals surface area contributed by atoms with E-state index >= 15 is 0 Å². The van der Waals surface area contributed by atoms with Gasteiger partial charge in [-0.1, -0.05) is 24.9 Å². The Morgan fingerprint density at radius 3 is 2.39 bits per heavy atom. The molecule has 0 saturated heterocycles. The summed E-state index contributed by atoms with van der Waals surface area (Å²) in [6.07, 6.45) is 2.32. The Labute approximate surface area is 172 Å². The summed E-state index contributed by atoms with van der Waals surface area (Å²) in [6.45, 7) is 2.03. The van der Waals surface area contributed by atoms with Crippen molar-refractivity contribution in [3.05, 3.63) is 53.1 Å². The maximum Gasteiger partial charge on any atom is 0.335 e. The van der Waals surface area contributed by atoms with Crippen LogP contribution in [0, 0.1) is 0 Å². The van der Waals surface area contributed by atoms with E-state index in [1.54, 1.807) is 12.1 Å². The molecule has 0 atom stereocenters. The van der Waals surface area contributed by atoms with Crippen LogP contribution in [0.15, 0.2) is 47.4 Å². The number of hydrogen-bond donors (Lipinski definition) is 3. The number of carboxylic acids is 1. The van der Waals surface area contributed by atoms with E-state index in [0.717, 1.165) is 17.7 Å². The second-order valence-electron chi connectivity index (χ2n) is 6.01. The summed E-state index contributed by atoms with van der Waals surface area (Å²) in [5.74, 6) is -1.27. The molecular weight excluding hydrogens is 400 g/mol. The summed E-state index contributed by atoms with van der Waals surface area (Å²) in [5, 5.41) is 14.7. The Morgan fingerprint density at radius 1 is 1.04 bits per heavy atom. The molecule has 0 radical (unpaired) electrons. The number of nitrogens with one attached hydrogen (secondary N) is 2. The molecule has 2 aromatic carbocycles. The molecule has 2 amide bonds. The van der Waals surface area contributed by atoms with Gasteiger partial charge >= 0.3 is 5.97 Å². The zero-order valence-electron chi connectivity index (χ0n) is 15.3. The van der Waals surface area contributed by atoms with Crippen LogP contribution >= 0.6 is 23.4 Å². The van der Waals surface area contributed by atoms with Crippen LogP contribution in [0.2, 0.25) is 5.02 Å². The van der Waals surface area contributed by atoms with Crippen LogP contribution in [0.4, 0.5) is 11.4 Å². The molecule has 0 fully saturated rings. The molecule has 0 aromatic heterocycles. The first-order valence-electron chi connectivity index (χ1n) is 8.74. The number of amides is 2. The number of carbonyl (C=O) groups excluding carboxylic acids is 2. The number of anilines is 2. The summed E-state index contributed by atoms with van der Waals surface area (Å²) in [5.41, 5.74) is 1.02. The van der Waals surface area contributed by atoms with Gasteiger partial charge in [-0.25, -0.2) is 4.79 Å². The molecule has 0 heterocycles. The fourth-order valence-electron chi connectivity index (χ4n) is 2.28. The number of hydrogen-bond acceptors (Lipinski definition) is 4. The third kappa shape index (κ3) is 6.90. The van der Waals surface area contributed by atoms with Crippen LogP contribution < -0.4 is 10.6 Å². The van der Waals surface area contributed by atoms with Gasteiger partial charge in [-0.3, -0.25) is 9.59 Å². The Bertz CT molecular complexity index is 856. The van der Waals surface area contributed by atoms with Crippen LogP contribution in [-0.2, 0) is 9.59 Å². The predicted molar refractivity (Wildman–Crippen MR) is 112 cm³/mol. The summed E-state index contributed by atoms with van der Waals surface area (Å²) in [7, 11) is 0. The van der Waals surface area contributed by atoms with E-state index in [9.17, 15) is 14.4 Å². The second kappa shape index (κ2) is 10.7. The number of carboxylic acid groups (broad SMARTS) is 1. The van der Waals surface area contributed by atoms with E-state index in [1.165, 1.54) is 30.0 Å². The maximum absolute atomic E-state index is 12.1. The Morgan fingerprint density at radius 2 is 1.75 bits per heavy atom. The topological polar surface area (TPSA) is 95.5 Å². The zero-order chi connectivity index (χ0) is 20.5. The van der Waals surface area contributed by atoms with E-state index in [2.05, 4.69) is 10.6 Å². The summed E-state index contributed by atoms with van der Waals surface area (Å²) >= 11 is 7.33. The van der Waals surface area contributed by atoms with Crippen molar-refractivity contribution in [3.63, 3.8) is 0 Å². The predicted octanol–water partition coefficient (Wildman–Crippen LogP) is 4.90. The van der Waals surface area contributed by atoms with Gasteiger partial charge in [0.05, 0.1) is 22.0 Å². The molecule has 0 aliphatic heterocycles. The average Bonchev–Trinajstić information content (AvgIpc) is 2.67. The lowest BCUT2D eigenvalue weighted by molar-refractivity contribution is -0.116. The van der Waals surface area contributed by atoms with E-state index in [1.807, 2.05) is 19.1 Å². The van der Waals surface area contributed by atoms with E-state index in [-0.39, 0.29) is 33.8 Å².